The minimum atomic E-state index is -0.701. The molecule has 0 radical (unpaired) electrons. The van der Waals surface area contributed by atoms with Crippen LogP contribution in [0.5, 0.6) is 0 Å². The van der Waals surface area contributed by atoms with Crippen molar-refractivity contribution in [3.05, 3.63) is 70.3 Å². The Morgan fingerprint density at radius 3 is 2.48 bits per heavy atom. The molecule has 3 amide bonds. The quantitative estimate of drug-likeness (QED) is 0.734. The Morgan fingerprint density at radius 1 is 1.10 bits per heavy atom. The molecule has 1 aliphatic carbocycles. The largest absolute Gasteiger partial charge is 0.366 e. The van der Waals surface area contributed by atoms with Gasteiger partial charge in [0, 0.05) is 18.5 Å². The number of nitrogens with zero attached hydrogens (tertiary/aromatic N) is 2. The highest BCUT2D eigenvalue weighted by Crippen LogP contribution is 2.48. The molecule has 6 nitrogen and oxygen atoms in total. The number of carbonyl (C=O) groups excluding carboxylic acids is 3. The summed E-state index contributed by atoms with van der Waals surface area (Å²) in [5.74, 6) is -1.51. The monoisotopic (exact) mass is 391 g/mol. The van der Waals surface area contributed by atoms with Crippen molar-refractivity contribution in [2.45, 2.75) is 24.7 Å². The van der Waals surface area contributed by atoms with E-state index in [9.17, 15) is 14.4 Å². The number of nitrogens with two attached hydrogens (primary N) is 1. The number of benzene rings is 2. The normalized spacial score (nSPS) is 17.0. The fraction of sp³-hybridized carbons (Fsp3) is 0.348. The maximum atomic E-state index is 12.8. The molecule has 6 heteroatoms. The summed E-state index contributed by atoms with van der Waals surface area (Å²) in [5, 5.41) is 0. The number of amides is 3. The van der Waals surface area contributed by atoms with Crippen LogP contribution in [0.4, 0.5) is 0 Å². The lowest BCUT2D eigenvalue weighted by molar-refractivity contribution is 0.0654. The smallest absolute Gasteiger partial charge is 0.262 e. The molecular formula is C23H25N3O3. The van der Waals surface area contributed by atoms with E-state index in [1.54, 1.807) is 12.1 Å². The Morgan fingerprint density at radius 2 is 1.83 bits per heavy atom. The second-order valence-electron chi connectivity index (χ2n) is 8.32. The first kappa shape index (κ1) is 19.3. The maximum Gasteiger partial charge on any atom is 0.262 e. The lowest BCUT2D eigenvalue weighted by atomic mass is 9.93. The van der Waals surface area contributed by atoms with Gasteiger partial charge in [0.1, 0.15) is 0 Å². The Bertz CT molecular complexity index is 1010. The van der Waals surface area contributed by atoms with Crippen LogP contribution < -0.4 is 5.73 Å². The van der Waals surface area contributed by atoms with Crippen molar-refractivity contribution in [2.75, 3.05) is 27.2 Å². The summed E-state index contributed by atoms with van der Waals surface area (Å²) in [6.45, 7) is 1.29. The second-order valence-corrected chi connectivity index (χ2v) is 8.32. The molecular weight excluding hydrogens is 366 g/mol. The molecule has 0 spiro atoms. The van der Waals surface area contributed by atoms with Gasteiger partial charge in [0.25, 0.3) is 11.8 Å². The average molecular weight is 391 g/mol. The summed E-state index contributed by atoms with van der Waals surface area (Å²) in [7, 11) is 4.18. The van der Waals surface area contributed by atoms with Crippen molar-refractivity contribution in [1.29, 1.82) is 0 Å². The van der Waals surface area contributed by atoms with Crippen molar-refractivity contribution in [3.8, 4) is 0 Å². The minimum absolute atomic E-state index is 0.102. The van der Waals surface area contributed by atoms with Gasteiger partial charge < -0.3 is 10.6 Å². The van der Waals surface area contributed by atoms with Gasteiger partial charge >= 0.3 is 0 Å². The molecule has 1 aliphatic heterocycles. The van der Waals surface area contributed by atoms with Crippen LogP contribution in [0.3, 0.4) is 0 Å². The SMILES string of the molecule is CN(C)CC1(c2cccc(CCN3C(=O)c4cccc(C(N)=O)c4C3=O)c2)CC1. The molecule has 29 heavy (non-hydrogen) atoms. The van der Waals surface area contributed by atoms with Gasteiger partial charge in [-0.15, -0.1) is 0 Å². The predicted octanol–water partition coefficient (Wildman–Crippen LogP) is 2.22. The van der Waals surface area contributed by atoms with Crippen LogP contribution in [0.15, 0.2) is 42.5 Å². The van der Waals surface area contributed by atoms with E-state index in [2.05, 4.69) is 31.1 Å². The van der Waals surface area contributed by atoms with E-state index in [4.69, 9.17) is 5.73 Å². The van der Waals surface area contributed by atoms with Gasteiger partial charge in [-0.2, -0.15) is 0 Å². The molecule has 2 aromatic rings. The van der Waals surface area contributed by atoms with Gasteiger partial charge in [0.15, 0.2) is 0 Å². The van der Waals surface area contributed by atoms with Crippen molar-refractivity contribution < 1.29 is 14.4 Å². The number of hydrogen-bond acceptors (Lipinski definition) is 4. The molecule has 2 N–H and O–H groups in total. The molecule has 1 saturated carbocycles. The van der Waals surface area contributed by atoms with E-state index in [1.807, 2.05) is 12.1 Å². The highest BCUT2D eigenvalue weighted by molar-refractivity contribution is 6.24. The summed E-state index contributed by atoms with van der Waals surface area (Å²) < 4.78 is 0. The summed E-state index contributed by atoms with van der Waals surface area (Å²) in [6, 6.07) is 13.1. The summed E-state index contributed by atoms with van der Waals surface area (Å²) in [6.07, 6.45) is 2.94. The first-order valence-electron chi connectivity index (χ1n) is 9.85. The van der Waals surface area contributed by atoms with Crippen LogP contribution in [0.25, 0.3) is 0 Å². The molecule has 0 saturated heterocycles. The Kier molecular flexibility index (Phi) is 4.74. The standard InChI is InChI=1S/C23H25N3O3/c1-25(2)14-23(10-11-23)16-6-3-5-15(13-16)9-12-26-21(28)18-8-4-7-17(20(24)27)19(18)22(26)29/h3-8,13H,9-12,14H2,1-2H3,(H2,24,27). The van der Waals surface area contributed by atoms with Crippen molar-refractivity contribution in [2.24, 2.45) is 5.73 Å². The summed E-state index contributed by atoms with van der Waals surface area (Å²) >= 11 is 0. The first-order chi connectivity index (χ1) is 13.8. The Labute approximate surface area is 170 Å². The van der Waals surface area contributed by atoms with E-state index in [0.29, 0.717) is 6.42 Å². The maximum absolute atomic E-state index is 12.8. The van der Waals surface area contributed by atoms with Gasteiger partial charge in [-0.3, -0.25) is 19.3 Å². The number of primary amides is 1. The van der Waals surface area contributed by atoms with Crippen LogP contribution in [0.1, 0.15) is 55.0 Å². The summed E-state index contributed by atoms with van der Waals surface area (Å²) in [4.78, 5) is 40.6. The van der Waals surface area contributed by atoms with Gasteiger partial charge in [-0.05, 0) is 56.6 Å². The van der Waals surface area contributed by atoms with E-state index in [0.717, 1.165) is 12.1 Å². The van der Waals surface area contributed by atoms with Gasteiger partial charge in [0.2, 0.25) is 5.91 Å². The van der Waals surface area contributed by atoms with E-state index < -0.39 is 11.8 Å². The number of likely N-dealkylation sites (N-methyl/N-ethyl adjacent to an activating group) is 1. The van der Waals surface area contributed by atoms with Gasteiger partial charge in [0.05, 0.1) is 16.7 Å². The topological polar surface area (TPSA) is 83.7 Å². The molecule has 0 unspecified atom stereocenters. The number of hydrogen-bond donors (Lipinski definition) is 1. The van der Waals surface area contributed by atoms with E-state index in [-0.39, 0.29) is 34.6 Å². The Balaban J connectivity index is 1.51. The fourth-order valence-electron chi connectivity index (χ4n) is 4.33. The van der Waals surface area contributed by atoms with Crippen LogP contribution in [-0.2, 0) is 11.8 Å². The van der Waals surface area contributed by atoms with Crippen molar-refractivity contribution in [3.63, 3.8) is 0 Å². The molecule has 0 aromatic heterocycles. The van der Waals surface area contributed by atoms with Crippen molar-refractivity contribution in [1.82, 2.24) is 9.80 Å². The predicted molar refractivity (Wildman–Crippen MR) is 110 cm³/mol. The molecule has 0 bridgehead atoms. The lowest BCUT2D eigenvalue weighted by Gasteiger charge is -2.21. The third-order valence-corrected chi connectivity index (χ3v) is 5.90. The zero-order valence-electron chi connectivity index (χ0n) is 16.8. The van der Waals surface area contributed by atoms with E-state index >= 15 is 0 Å². The number of imide groups is 1. The molecule has 1 heterocycles. The van der Waals surface area contributed by atoms with E-state index in [1.165, 1.54) is 29.4 Å². The fourth-order valence-corrected chi connectivity index (χ4v) is 4.33. The minimum Gasteiger partial charge on any atom is -0.366 e. The number of rotatable bonds is 7. The van der Waals surface area contributed by atoms with Crippen LogP contribution in [0.2, 0.25) is 0 Å². The average Bonchev–Trinajstić information content (AvgIpc) is 3.42. The lowest BCUT2D eigenvalue weighted by Crippen LogP contribution is -2.32. The zero-order chi connectivity index (χ0) is 20.8. The molecule has 1 fully saturated rings. The molecule has 4 rings (SSSR count). The second kappa shape index (κ2) is 7.12. The third kappa shape index (κ3) is 3.44. The third-order valence-electron chi connectivity index (χ3n) is 5.90. The zero-order valence-corrected chi connectivity index (χ0v) is 16.8. The molecule has 150 valence electrons. The van der Waals surface area contributed by atoms with Gasteiger partial charge in [-0.25, -0.2) is 0 Å². The highest BCUT2D eigenvalue weighted by atomic mass is 16.2. The van der Waals surface area contributed by atoms with Crippen LogP contribution >= 0.6 is 0 Å². The molecule has 0 atom stereocenters. The molecule has 2 aromatic carbocycles. The van der Waals surface area contributed by atoms with Crippen LogP contribution in [0, 0.1) is 0 Å². The van der Waals surface area contributed by atoms with Crippen LogP contribution in [-0.4, -0.2) is 54.7 Å². The molecule has 2 aliphatic rings. The number of carbonyl (C=O) groups is 3. The summed E-state index contributed by atoms with van der Waals surface area (Å²) in [5.41, 5.74) is 8.50. The van der Waals surface area contributed by atoms with Crippen molar-refractivity contribution >= 4 is 17.7 Å². The first-order valence-corrected chi connectivity index (χ1v) is 9.85. The number of fused-ring (bicyclic) bond motifs is 1. The Hall–Kier alpha value is -2.99. The van der Waals surface area contributed by atoms with Gasteiger partial charge in [-0.1, -0.05) is 30.3 Å². The highest BCUT2D eigenvalue weighted by Gasteiger charge is 2.44.